The Kier molecular flexibility index (Phi) is 4.17. The molecule has 0 aromatic carbocycles. The second-order valence-corrected chi connectivity index (χ2v) is 5.07. The normalized spacial score (nSPS) is 13.0. The van der Waals surface area contributed by atoms with Gasteiger partial charge < -0.3 is 9.47 Å². The molecule has 0 saturated heterocycles. The fourth-order valence-electron chi connectivity index (χ4n) is 0.629. The van der Waals surface area contributed by atoms with Crippen LogP contribution >= 0.6 is 0 Å². The third kappa shape index (κ3) is 9.10. The molecule has 0 aliphatic heterocycles. The van der Waals surface area contributed by atoms with Gasteiger partial charge in [0.15, 0.2) is 0 Å². The summed E-state index contributed by atoms with van der Waals surface area (Å²) in [6.45, 7) is 11.2. The van der Waals surface area contributed by atoms with E-state index in [1.54, 1.807) is 0 Å². The highest BCUT2D eigenvalue weighted by molar-refractivity contribution is 5.81. The molecule has 0 radical (unpaired) electrons. The maximum absolute atomic E-state index is 11.2. The first-order chi connectivity index (χ1) is 6.10. The average Bonchev–Trinajstić information content (AvgIpc) is 1.78. The van der Waals surface area contributed by atoms with Crippen LogP contribution in [0.1, 0.15) is 41.5 Å². The molecule has 3 heteroatoms. The molecule has 0 aromatic heterocycles. The van der Waals surface area contributed by atoms with Gasteiger partial charge in [0.2, 0.25) is 0 Å². The number of carbonyl (C=O) groups excluding carboxylic acids is 1. The van der Waals surface area contributed by atoms with Crippen molar-refractivity contribution < 1.29 is 14.3 Å². The Morgan fingerprint density at radius 2 is 1.50 bits per heavy atom. The molecule has 0 aromatic rings. The molecular weight excluding hydrogens is 180 g/mol. The second kappa shape index (κ2) is 4.49. The zero-order valence-corrected chi connectivity index (χ0v) is 9.88. The van der Waals surface area contributed by atoms with Crippen molar-refractivity contribution in [1.29, 1.82) is 0 Å². The van der Waals surface area contributed by atoms with Crippen LogP contribution in [0.2, 0.25) is 0 Å². The van der Waals surface area contributed by atoms with Gasteiger partial charge in [-0.2, -0.15) is 0 Å². The Labute approximate surface area is 86.1 Å². The summed E-state index contributed by atoms with van der Waals surface area (Å²) < 4.78 is 10.3. The number of carbonyl (C=O) groups is 1. The molecule has 0 heterocycles. The SMILES string of the molecule is CC(C)(C)O/C=C/C(=O)OC(C)(C)C. The quantitative estimate of drug-likeness (QED) is 0.390. The second-order valence-electron chi connectivity index (χ2n) is 5.07. The van der Waals surface area contributed by atoms with E-state index in [1.165, 1.54) is 12.3 Å². The van der Waals surface area contributed by atoms with Crippen LogP contribution in [0, 0.1) is 0 Å². The maximum Gasteiger partial charge on any atom is 0.334 e. The van der Waals surface area contributed by atoms with Crippen molar-refractivity contribution >= 4 is 5.97 Å². The zero-order chi connectivity index (χ0) is 11.4. The molecule has 0 N–H and O–H groups in total. The monoisotopic (exact) mass is 200 g/mol. The summed E-state index contributed by atoms with van der Waals surface area (Å²) >= 11 is 0. The Balaban J connectivity index is 3.96. The first-order valence-electron chi connectivity index (χ1n) is 4.67. The molecule has 14 heavy (non-hydrogen) atoms. The van der Waals surface area contributed by atoms with Crippen molar-refractivity contribution in [2.45, 2.75) is 52.7 Å². The van der Waals surface area contributed by atoms with Gasteiger partial charge in [-0.05, 0) is 41.5 Å². The molecule has 0 rings (SSSR count). The zero-order valence-electron chi connectivity index (χ0n) is 9.88. The Hall–Kier alpha value is -0.990. The Bertz CT molecular complexity index is 216. The van der Waals surface area contributed by atoms with Crippen LogP contribution in [0.3, 0.4) is 0 Å². The van der Waals surface area contributed by atoms with Gasteiger partial charge >= 0.3 is 5.97 Å². The lowest BCUT2D eigenvalue weighted by molar-refractivity contribution is -0.148. The highest BCUT2D eigenvalue weighted by Gasteiger charge is 2.14. The lowest BCUT2D eigenvalue weighted by Gasteiger charge is -2.19. The summed E-state index contributed by atoms with van der Waals surface area (Å²) in [7, 11) is 0. The van der Waals surface area contributed by atoms with E-state index in [4.69, 9.17) is 9.47 Å². The van der Waals surface area contributed by atoms with E-state index in [9.17, 15) is 4.79 Å². The third-order valence-corrected chi connectivity index (χ3v) is 1.03. The molecule has 3 nitrogen and oxygen atoms in total. The first-order valence-corrected chi connectivity index (χ1v) is 4.67. The number of rotatable bonds is 2. The Morgan fingerprint density at radius 3 is 1.86 bits per heavy atom. The summed E-state index contributed by atoms with van der Waals surface area (Å²) in [5.74, 6) is -0.387. The van der Waals surface area contributed by atoms with Crippen LogP contribution in [0.5, 0.6) is 0 Å². The molecule has 0 saturated carbocycles. The van der Waals surface area contributed by atoms with Gasteiger partial charge in [0.05, 0.1) is 17.9 Å². The summed E-state index contributed by atoms with van der Waals surface area (Å²) in [4.78, 5) is 11.2. The fraction of sp³-hybridized carbons (Fsp3) is 0.727. The number of esters is 1. The highest BCUT2D eigenvalue weighted by atomic mass is 16.6. The molecule has 0 amide bonds. The molecule has 0 unspecified atom stereocenters. The van der Waals surface area contributed by atoms with Crippen LogP contribution in [0.4, 0.5) is 0 Å². The van der Waals surface area contributed by atoms with Gasteiger partial charge in [0, 0.05) is 0 Å². The highest BCUT2D eigenvalue weighted by Crippen LogP contribution is 2.09. The van der Waals surface area contributed by atoms with Crippen molar-refractivity contribution in [2.75, 3.05) is 0 Å². The smallest absolute Gasteiger partial charge is 0.334 e. The molecule has 0 aliphatic rings. The minimum atomic E-state index is -0.455. The van der Waals surface area contributed by atoms with Crippen LogP contribution in [-0.2, 0) is 14.3 Å². The third-order valence-electron chi connectivity index (χ3n) is 1.03. The number of ether oxygens (including phenoxy) is 2. The van der Waals surface area contributed by atoms with Gasteiger partial charge in [-0.1, -0.05) is 0 Å². The van der Waals surface area contributed by atoms with Gasteiger partial charge in [-0.25, -0.2) is 4.79 Å². The minimum Gasteiger partial charge on any atom is -0.495 e. The average molecular weight is 200 g/mol. The molecule has 0 spiro atoms. The van der Waals surface area contributed by atoms with Gasteiger partial charge in [0.1, 0.15) is 5.60 Å². The maximum atomic E-state index is 11.2. The predicted octanol–water partition coefficient (Wildman–Crippen LogP) is 2.66. The van der Waals surface area contributed by atoms with Crippen molar-refractivity contribution in [1.82, 2.24) is 0 Å². The first kappa shape index (κ1) is 13.0. The molecule has 0 atom stereocenters. The topological polar surface area (TPSA) is 35.5 Å². The standard InChI is InChI=1S/C11H20O3/c1-10(2,3)13-8-7-9(12)14-11(4,5)6/h7-8H,1-6H3/b8-7+. The lowest BCUT2D eigenvalue weighted by Crippen LogP contribution is -2.23. The Morgan fingerprint density at radius 1 is 1.00 bits per heavy atom. The summed E-state index contributed by atoms with van der Waals surface area (Å²) in [5, 5.41) is 0. The van der Waals surface area contributed by atoms with Crippen LogP contribution in [0.25, 0.3) is 0 Å². The van der Waals surface area contributed by atoms with Crippen LogP contribution < -0.4 is 0 Å². The number of hydrogen-bond donors (Lipinski definition) is 0. The summed E-state index contributed by atoms with van der Waals surface area (Å²) in [6, 6.07) is 0. The van der Waals surface area contributed by atoms with E-state index in [2.05, 4.69) is 0 Å². The van der Waals surface area contributed by atoms with E-state index in [0.717, 1.165) is 0 Å². The fourth-order valence-corrected chi connectivity index (χ4v) is 0.629. The van der Waals surface area contributed by atoms with E-state index in [0.29, 0.717) is 0 Å². The molecule has 82 valence electrons. The largest absolute Gasteiger partial charge is 0.495 e. The van der Waals surface area contributed by atoms with Gasteiger partial charge in [-0.3, -0.25) is 0 Å². The van der Waals surface area contributed by atoms with Crippen LogP contribution in [0.15, 0.2) is 12.3 Å². The molecule has 0 bridgehead atoms. The summed E-state index contributed by atoms with van der Waals surface area (Å²) in [5.41, 5.74) is -0.734. The molecular formula is C11H20O3. The van der Waals surface area contributed by atoms with Gasteiger partial charge in [-0.15, -0.1) is 0 Å². The van der Waals surface area contributed by atoms with E-state index >= 15 is 0 Å². The molecule has 0 fully saturated rings. The lowest BCUT2D eigenvalue weighted by atomic mass is 10.2. The molecule has 0 aliphatic carbocycles. The van der Waals surface area contributed by atoms with Crippen molar-refractivity contribution in [3.8, 4) is 0 Å². The van der Waals surface area contributed by atoms with Gasteiger partial charge in [0.25, 0.3) is 0 Å². The summed E-state index contributed by atoms with van der Waals surface area (Å²) in [6.07, 6.45) is 2.66. The van der Waals surface area contributed by atoms with Crippen LogP contribution in [-0.4, -0.2) is 17.2 Å². The van der Waals surface area contributed by atoms with Crippen molar-refractivity contribution in [2.24, 2.45) is 0 Å². The predicted molar refractivity (Wildman–Crippen MR) is 55.8 cm³/mol. The van der Waals surface area contributed by atoms with E-state index in [1.807, 2.05) is 41.5 Å². The number of hydrogen-bond acceptors (Lipinski definition) is 3. The van der Waals surface area contributed by atoms with E-state index in [-0.39, 0.29) is 11.6 Å². The van der Waals surface area contributed by atoms with Crippen molar-refractivity contribution in [3.63, 3.8) is 0 Å². The van der Waals surface area contributed by atoms with E-state index < -0.39 is 5.60 Å². The van der Waals surface area contributed by atoms with Crippen molar-refractivity contribution in [3.05, 3.63) is 12.3 Å². The minimum absolute atomic E-state index is 0.279.